The van der Waals surface area contributed by atoms with Gasteiger partial charge in [0.1, 0.15) is 5.82 Å². The van der Waals surface area contributed by atoms with Crippen molar-refractivity contribution in [3.63, 3.8) is 0 Å². The van der Waals surface area contributed by atoms with Gasteiger partial charge in [0.15, 0.2) is 0 Å². The highest BCUT2D eigenvalue weighted by Crippen LogP contribution is 2.24. The summed E-state index contributed by atoms with van der Waals surface area (Å²) in [6.45, 7) is 3.89. The number of hydrogen-bond acceptors (Lipinski definition) is 2. The number of nitrogens with zero attached hydrogens (tertiary/aromatic N) is 1. The average Bonchev–Trinajstić information content (AvgIpc) is 2.85. The van der Waals surface area contributed by atoms with Gasteiger partial charge in [-0.3, -0.25) is 0 Å². The number of amides is 1. The molecular weight excluding hydrogens is 322 g/mol. The molecule has 0 unspecified atom stereocenters. The predicted molar refractivity (Wildman–Crippen MR) is 80.5 cm³/mol. The van der Waals surface area contributed by atoms with Crippen molar-refractivity contribution < 1.29 is 9.90 Å². The van der Waals surface area contributed by atoms with Crippen LogP contribution in [0, 0.1) is 5.92 Å². The minimum absolute atomic E-state index is 0.106. The van der Waals surface area contributed by atoms with Crippen molar-refractivity contribution >= 4 is 22.0 Å². The van der Waals surface area contributed by atoms with Gasteiger partial charge in [0.25, 0.3) is 0 Å². The molecule has 1 heterocycles. The van der Waals surface area contributed by atoms with Crippen molar-refractivity contribution in [2.75, 3.05) is 0 Å². The Morgan fingerprint density at radius 3 is 2.55 bits per heavy atom. The maximum Gasteiger partial charge on any atom is 0.405 e. The van der Waals surface area contributed by atoms with Crippen LogP contribution in [-0.4, -0.2) is 21.2 Å². The number of imidazole rings is 1. The van der Waals surface area contributed by atoms with E-state index in [-0.39, 0.29) is 12.0 Å². The summed E-state index contributed by atoms with van der Waals surface area (Å²) in [6.07, 6.45) is 0.669. The second kappa shape index (κ2) is 6.09. The Morgan fingerprint density at radius 2 is 2.00 bits per heavy atom. The van der Waals surface area contributed by atoms with Gasteiger partial charge >= 0.3 is 6.09 Å². The summed E-state index contributed by atoms with van der Waals surface area (Å²) < 4.78 is 1.01. The van der Waals surface area contributed by atoms with Crippen molar-refractivity contribution in [2.24, 2.45) is 5.92 Å². The third-order valence-corrected chi connectivity index (χ3v) is 3.52. The highest BCUT2D eigenvalue weighted by Gasteiger charge is 2.21. The number of rotatable bonds is 4. The van der Waals surface area contributed by atoms with E-state index in [2.05, 4.69) is 31.2 Å². The molecule has 0 saturated heterocycles. The minimum atomic E-state index is -1.05. The first-order valence-electron chi connectivity index (χ1n) is 6.27. The largest absolute Gasteiger partial charge is 0.465 e. The van der Waals surface area contributed by atoms with Crippen LogP contribution in [-0.2, 0) is 0 Å². The molecule has 1 amide bonds. The molecule has 20 heavy (non-hydrogen) atoms. The van der Waals surface area contributed by atoms with Crippen LogP contribution in [0.25, 0.3) is 11.3 Å². The molecule has 1 aromatic heterocycles. The van der Waals surface area contributed by atoms with E-state index >= 15 is 0 Å². The Bertz CT molecular complexity index is 593. The lowest BCUT2D eigenvalue weighted by atomic mass is 10.0. The Morgan fingerprint density at radius 1 is 1.35 bits per heavy atom. The van der Waals surface area contributed by atoms with Crippen LogP contribution in [0.4, 0.5) is 4.79 Å². The fourth-order valence-corrected chi connectivity index (χ4v) is 2.22. The van der Waals surface area contributed by atoms with Gasteiger partial charge in [0.05, 0.1) is 17.9 Å². The zero-order valence-electron chi connectivity index (χ0n) is 11.2. The molecule has 0 spiro atoms. The van der Waals surface area contributed by atoms with Crippen LogP contribution >= 0.6 is 15.9 Å². The Balaban J connectivity index is 2.26. The van der Waals surface area contributed by atoms with Crippen LogP contribution in [0.1, 0.15) is 25.7 Å². The molecule has 0 radical (unpaired) electrons. The van der Waals surface area contributed by atoms with Gasteiger partial charge in [-0.25, -0.2) is 9.78 Å². The van der Waals surface area contributed by atoms with Crippen molar-refractivity contribution in [3.8, 4) is 11.3 Å². The van der Waals surface area contributed by atoms with Gasteiger partial charge in [-0.15, -0.1) is 0 Å². The van der Waals surface area contributed by atoms with E-state index in [1.54, 1.807) is 6.20 Å². The lowest BCUT2D eigenvalue weighted by Gasteiger charge is -2.18. The number of carboxylic acid groups (broad SMARTS) is 1. The molecule has 0 fully saturated rings. The molecule has 3 N–H and O–H groups in total. The van der Waals surface area contributed by atoms with Crippen LogP contribution < -0.4 is 5.32 Å². The Labute approximate surface area is 125 Å². The van der Waals surface area contributed by atoms with E-state index in [0.717, 1.165) is 15.7 Å². The predicted octanol–water partition coefficient (Wildman–Crippen LogP) is 3.80. The molecule has 5 nitrogen and oxygen atoms in total. The van der Waals surface area contributed by atoms with E-state index in [0.29, 0.717) is 5.82 Å². The lowest BCUT2D eigenvalue weighted by molar-refractivity contribution is 0.185. The summed E-state index contributed by atoms with van der Waals surface area (Å²) >= 11 is 3.39. The summed E-state index contributed by atoms with van der Waals surface area (Å²) in [6, 6.07) is 7.49. The number of aromatic amines is 1. The molecular formula is C14H16BrN3O2. The molecule has 0 saturated carbocycles. The lowest BCUT2D eigenvalue weighted by Crippen LogP contribution is -2.31. The fraction of sp³-hybridized carbons (Fsp3) is 0.286. The average molecular weight is 338 g/mol. The van der Waals surface area contributed by atoms with Gasteiger partial charge in [-0.2, -0.15) is 0 Å². The second-order valence-corrected chi connectivity index (χ2v) is 5.78. The second-order valence-electron chi connectivity index (χ2n) is 4.86. The molecule has 6 heteroatoms. The van der Waals surface area contributed by atoms with Crippen LogP contribution in [0.3, 0.4) is 0 Å². The maximum absolute atomic E-state index is 10.8. The molecule has 0 bridgehead atoms. The van der Waals surface area contributed by atoms with Crippen molar-refractivity contribution in [1.29, 1.82) is 0 Å². The van der Waals surface area contributed by atoms with Gasteiger partial charge in [-0.1, -0.05) is 41.9 Å². The Hall–Kier alpha value is -1.82. The third kappa shape index (κ3) is 3.39. The number of nitrogens with one attached hydrogen (secondary N) is 2. The van der Waals surface area contributed by atoms with E-state index < -0.39 is 6.09 Å². The maximum atomic E-state index is 10.8. The molecule has 1 aromatic carbocycles. The quantitative estimate of drug-likeness (QED) is 0.793. The molecule has 0 aliphatic carbocycles. The van der Waals surface area contributed by atoms with Gasteiger partial charge < -0.3 is 15.4 Å². The molecule has 106 valence electrons. The number of carbonyl (C=O) groups is 1. The number of hydrogen-bond donors (Lipinski definition) is 3. The first-order valence-corrected chi connectivity index (χ1v) is 7.07. The summed E-state index contributed by atoms with van der Waals surface area (Å²) in [7, 11) is 0. The van der Waals surface area contributed by atoms with Crippen molar-refractivity contribution in [1.82, 2.24) is 15.3 Å². The van der Waals surface area contributed by atoms with Gasteiger partial charge in [-0.05, 0) is 23.6 Å². The van der Waals surface area contributed by atoms with E-state index in [1.807, 2.05) is 38.1 Å². The number of benzene rings is 1. The van der Waals surface area contributed by atoms with E-state index in [1.165, 1.54) is 0 Å². The highest BCUT2D eigenvalue weighted by molar-refractivity contribution is 9.10. The third-order valence-electron chi connectivity index (χ3n) is 2.99. The normalized spacial score (nSPS) is 12.4. The molecule has 2 rings (SSSR count). The van der Waals surface area contributed by atoms with Gasteiger partial charge in [0, 0.05) is 4.47 Å². The SMILES string of the molecule is CC(C)[C@H](NC(=O)O)c1ncc(-c2ccc(Br)cc2)[nH]1. The fourth-order valence-electron chi connectivity index (χ4n) is 1.95. The van der Waals surface area contributed by atoms with E-state index in [9.17, 15) is 4.79 Å². The van der Waals surface area contributed by atoms with Crippen molar-refractivity contribution in [2.45, 2.75) is 19.9 Å². The molecule has 0 aliphatic rings. The summed E-state index contributed by atoms with van der Waals surface area (Å²) in [5.41, 5.74) is 1.87. The van der Waals surface area contributed by atoms with Crippen LogP contribution in [0.2, 0.25) is 0 Å². The molecule has 2 aromatic rings. The zero-order valence-corrected chi connectivity index (χ0v) is 12.8. The minimum Gasteiger partial charge on any atom is -0.465 e. The van der Waals surface area contributed by atoms with E-state index in [4.69, 9.17) is 5.11 Å². The summed E-state index contributed by atoms with van der Waals surface area (Å²) in [5.74, 6) is 0.732. The first kappa shape index (κ1) is 14.6. The summed E-state index contributed by atoms with van der Waals surface area (Å²) in [4.78, 5) is 18.3. The standard InChI is InChI=1S/C14H16BrN3O2/c1-8(2)12(18-14(19)20)13-16-7-11(17-13)9-3-5-10(15)6-4-9/h3-8,12,18H,1-2H3,(H,16,17)(H,19,20)/t12-/m0/s1. The first-order chi connectivity index (χ1) is 9.47. The number of aromatic nitrogens is 2. The van der Waals surface area contributed by atoms with Crippen molar-refractivity contribution in [3.05, 3.63) is 40.8 Å². The van der Waals surface area contributed by atoms with Crippen LogP contribution in [0.15, 0.2) is 34.9 Å². The molecule has 0 aliphatic heterocycles. The molecule has 1 atom stereocenters. The summed E-state index contributed by atoms with van der Waals surface area (Å²) in [5, 5.41) is 11.4. The number of H-pyrrole nitrogens is 1. The smallest absolute Gasteiger partial charge is 0.405 e. The highest BCUT2D eigenvalue weighted by atomic mass is 79.9. The van der Waals surface area contributed by atoms with Crippen LogP contribution in [0.5, 0.6) is 0 Å². The van der Waals surface area contributed by atoms with Gasteiger partial charge in [0.2, 0.25) is 0 Å². The topological polar surface area (TPSA) is 78.0 Å². The zero-order chi connectivity index (χ0) is 14.7. The monoisotopic (exact) mass is 337 g/mol. The number of halogens is 1. The Kier molecular flexibility index (Phi) is 4.44.